The average Bonchev–Trinajstić information content (AvgIpc) is 3.30. The van der Waals surface area contributed by atoms with Crippen LogP contribution in [0.1, 0.15) is 28.0 Å². The SMILES string of the molecule is COCCCN1CCN(c2ccc(OC)c(C#CC3NC(=O)CNC3=O)n2)CC1.COc1ccc2c(c1)C(=O)N(C)C2. The lowest BCUT2D eigenvalue weighted by atomic mass is 10.1. The molecule has 2 aromatic rings. The smallest absolute Gasteiger partial charge is 0.255 e. The standard InChI is InChI=1S/C20H27N5O4.C10H11NO2/c1-28-13-3-8-24-9-11-25(12-10-24)18-7-6-17(29-2)15(22-18)4-5-16-20(27)21-14-19(26)23-16;1-11-6-7-3-4-8(13-2)5-9(7)10(11)12/h6-7,16H,3,8-14H2,1-2H3,(H,21,27)(H,23,26);3-5H,6H2,1-2H3. The zero-order chi connectivity index (χ0) is 30.1. The van der Waals surface area contributed by atoms with Crippen molar-refractivity contribution in [1.82, 2.24) is 25.4 Å². The van der Waals surface area contributed by atoms with E-state index in [1.54, 1.807) is 39.3 Å². The number of piperazine rings is 2. The summed E-state index contributed by atoms with van der Waals surface area (Å²) in [6, 6.07) is 8.47. The van der Waals surface area contributed by atoms with E-state index >= 15 is 0 Å². The predicted molar refractivity (Wildman–Crippen MR) is 157 cm³/mol. The molecule has 0 bridgehead atoms. The first kappa shape index (κ1) is 30.6. The van der Waals surface area contributed by atoms with Gasteiger partial charge in [0.05, 0.1) is 20.8 Å². The molecule has 12 heteroatoms. The van der Waals surface area contributed by atoms with Gasteiger partial charge in [-0.1, -0.05) is 12.0 Å². The molecule has 3 aliphatic heterocycles. The van der Waals surface area contributed by atoms with Crippen LogP contribution in [0.3, 0.4) is 0 Å². The molecule has 224 valence electrons. The maximum absolute atomic E-state index is 11.9. The molecule has 2 saturated heterocycles. The van der Waals surface area contributed by atoms with Crippen molar-refractivity contribution in [2.75, 3.05) is 79.2 Å². The number of hydrogen-bond acceptors (Lipinski definition) is 9. The molecule has 1 unspecified atom stereocenters. The molecule has 0 radical (unpaired) electrons. The zero-order valence-electron chi connectivity index (χ0n) is 24.6. The average molecular weight is 579 g/mol. The van der Waals surface area contributed by atoms with Crippen LogP contribution < -0.4 is 25.0 Å². The van der Waals surface area contributed by atoms with Crippen molar-refractivity contribution in [2.45, 2.75) is 19.0 Å². The van der Waals surface area contributed by atoms with Gasteiger partial charge in [-0.25, -0.2) is 4.98 Å². The maximum atomic E-state index is 11.9. The first-order valence-electron chi connectivity index (χ1n) is 13.8. The van der Waals surface area contributed by atoms with E-state index in [0.717, 1.165) is 68.4 Å². The van der Waals surface area contributed by atoms with Crippen LogP contribution in [0.25, 0.3) is 0 Å². The maximum Gasteiger partial charge on any atom is 0.255 e. The first-order chi connectivity index (χ1) is 20.3. The van der Waals surface area contributed by atoms with Gasteiger partial charge in [0.1, 0.15) is 11.6 Å². The van der Waals surface area contributed by atoms with Crippen molar-refractivity contribution < 1.29 is 28.6 Å². The normalized spacial score (nSPS) is 18.2. The monoisotopic (exact) mass is 578 g/mol. The quantitative estimate of drug-likeness (QED) is 0.357. The van der Waals surface area contributed by atoms with Crippen LogP contribution in [-0.4, -0.2) is 113 Å². The van der Waals surface area contributed by atoms with Crippen LogP contribution in [0.4, 0.5) is 5.82 Å². The first-order valence-corrected chi connectivity index (χ1v) is 13.8. The minimum absolute atomic E-state index is 0.0223. The summed E-state index contributed by atoms with van der Waals surface area (Å²) >= 11 is 0. The Kier molecular flexibility index (Phi) is 10.6. The Bertz CT molecular complexity index is 1350. The number of pyridine rings is 1. The lowest BCUT2D eigenvalue weighted by Crippen LogP contribution is -2.55. The van der Waals surface area contributed by atoms with E-state index in [2.05, 4.69) is 37.3 Å². The molecule has 3 aliphatic rings. The summed E-state index contributed by atoms with van der Waals surface area (Å²) in [6.07, 6.45) is 1.03. The summed E-state index contributed by atoms with van der Waals surface area (Å²) in [5.41, 5.74) is 2.29. The summed E-state index contributed by atoms with van der Waals surface area (Å²) in [5.74, 6) is 7.26. The van der Waals surface area contributed by atoms with Gasteiger partial charge in [-0.05, 0) is 42.2 Å². The molecule has 4 heterocycles. The molecule has 1 atom stereocenters. The number of aromatic nitrogens is 1. The molecule has 3 amide bonds. The highest BCUT2D eigenvalue weighted by Gasteiger charge is 2.25. The highest BCUT2D eigenvalue weighted by Crippen LogP contribution is 2.25. The summed E-state index contributed by atoms with van der Waals surface area (Å²) in [6.45, 7) is 6.18. The second kappa shape index (κ2) is 14.5. The summed E-state index contributed by atoms with van der Waals surface area (Å²) < 4.78 is 15.5. The van der Waals surface area contributed by atoms with E-state index < -0.39 is 6.04 Å². The molecule has 0 aliphatic carbocycles. The van der Waals surface area contributed by atoms with Gasteiger partial charge in [0.15, 0.2) is 17.5 Å². The number of ether oxygens (including phenoxy) is 3. The topological polar surface area (TPSA) is 126 Å². The Morgan fingerprint density at radius 3 is 2.52 bits per heavy atom. The Labute approximate surface area is 246 Å². The van der Waals surface area contributed by atoms with Gasteiger partial charge in [0, 0.05) is 65.6 Å². The van der Waals surface area contributed by atoms with E-state index in [9.17, 15) is 14.4 Å². The number of carbonyl (C=O) groups excluding carboxylic acids is 3. The number of carbonyl (C=O) groups is 3. The third-order valence-corrected chi connectivity index (χ3v) is 7.21. The number of fused-ring (bicyclic) bond motifs is 1. The van der Waals surface area contributed by atoms with Crippen molar-refractivity contribution in [2.24, 2.45) is 0 Å². The van der Waals surface area contributed by atoms with Crippen molar-refractivity contribution in [3.05, 3.63) is 47.2 Å². The summed E-state index contributed by atoms with van der Waals surface area (Å²) in [5, 5.41) is 5.07. The van der Waals surface area contributed by atoms with Gasteiger partial charge in [-0.15, -0.1) is 0 Å². The fraction of sp³-hybridized carbons (Fsp3) is 0.467. The van der Waals surface area contributed by atoms with E-state index in [1.165, 1.54) is 0 Å². The number of hydrogen-bond donors (Lipinski definition) is 2. The predicted octanol–water partition coefficient (Wildman–Crippen LogP) is 0.496. The number of nitrogens with one attached hydrogen (secondary N) is 2. The van der Waals surface area contributed by atoms with Crippen LogP contribution in [0.15, 0.2) is 30.3 Å². The number of benzene rings is 1. The Balaban J connectivity index is 0.000000258. The Morgan fingerprint density at radius 1 is 1.02 bits per heavy atom. The zero-order valence-corrected chi connectivity index (χ0v) is 24.6. The van der Waals surface area contributed by atoms with Crippen molar-refractivity contribution >= 4 is 23.5 Å². The molecular formula is C30H38N6O6. The van der Waals surface area contributed by atoms with E-state index in [1.807, 2.05) is 24.3 Å². The molecule has 2 fully saturated rings. The van der Waals surface area contributed by atoms with Crippen LogP contribution in [0, 0.1) is 11.8 Å². The number of amides is 3. The molecule has 0 saturated carbocycles. The van der Waals surface area contributed by atoms with Crippen LogP contribution in [0.5, 0.6) is 11.5 Å². The highest BCUT2D eigenvalue weighted by atomic mass is 16.5. The molecule has 42 heavy (non-hydrogen) atoms. The molecular weight excluding hydrogens is 540 g/mol. The van der Waals surface area contributed by atoms with E-state index in [-0.39, 0.29) is 24.3 Å². The van der Waals surface area contributed by atoms with Crippen LogP contribution >= 0.6 is 0 Å². The minimum Gasteiger partial charge on any atom is -0.497 e. The Hall–Kier alpha value is -4.34. The van der Waals surface area contributed by atoms with E-state index in [0.29, 0.717) is 18.0 Å². The number of nitrogens with zero attached hydrogens (tertiary/aromatic N) is 4. The minimum atomic E-state index is -0.887. The molecule has 2 N–H and O–H groups in total. The van der Waals surface area contributed by atoms with Crippen molar-refractivity contribution in [3.8, 4) is 23.3 Å². The van der Waals surface area contributed by atoms with Crippen LogP contribution in [0.2, 0.25) is 0 Å². The van der Waals surface area contributed by atoms with Gasteiger partial charge in [-0.3, -0.25) is 19.3 Å². The van der Waals surface area contributed by atoms with Crippen LogP contribution in [-0.2, 0) is 20.9 Å². The lowest BCUT2D eigenvalue weighted by molar-refractivity contribution is -0.132. The van der Waals surface area contributed by atoms with Gasteiger partial charge in [0.2, 0.25) is 5.91 Å². The number of methoxy groups -OCH3 is 3. The van der Waals surface area contributed by atoms with Crippen molar-refractivity contribution in [3.63, 3.8) is 0 Å². The largest absolute Gasteiger partial charge is 0.497 e. The van der Waals surface area contributed by atoms with E-state index in [4.69, 9.17) is 14.2 Å². The summed E-state index contributed by atoms with van der Waals surface area (Å²) in [7, 11) is 6.68. The van der Waals surface area contributed by atoms with Crippen molar-refractivity contribution in [1.29, 1.82) is 0 Å². The Morgan fingerprint density at radius 2 is 1.81 bits per heavy atom. The second-order valence-electron chi connectivity index (χ2n) is 10.1. The van der Waals surface area contributed by atoms with Gasteiger partial charge in [0.25, 0.3) is 11.8 Å². The lowest BCUT2D eigenvalue weighted by Gasteiger charge is -2.35. The fourth-order valence-electron chi connectivity index (χ4n) is 4.84. The second-order valence-corrected chi connectivity index (χ2v) is 10.1. The fourth-order valence-corrected chi connectivity index (χ4v) is 4.84. The number of rotatable bonds is 7. The molecule has 5 rings (SSSR count). The van der Waals surface area contributed by atoms with Gasteiger partial charge >= 0.3 is 0 Å². The van der Waals surface area contributed by atoms with Gasteiger partial charge < -0.3 is 34.6 Å². The molecule has 0 spiro atoms. The molecule has 1 aromatic carbocycles. The molecule has 12 nitrogen and oxygen atoms in total. The molecule has 1 aromatic heterocycles. The summed E-state index contributed by atoms with van der Waals surface area (Å²) in [4.78, 5) is 45.8. The third kappa shape index (κ3) is 7.69. The van der Waals surface area contributed by atoms with Gasteiger partial charge in [-0.2, -0.15) is 0 Å². The number of anilines is 1. The highest BCUT2D eigenvalue weighted by molar-refractivity contribution is 5.98. The third-order valence-electron chi connectivity index (χ3n) is 7.21.